The predicted molar refractivity (Wildman–Crippen MR) is 54.8 cm³/mol. The monoisotopic (exact) mass is 196 g/mol. The van der Waals surface area contributed by atoms with E-state index in [1.165, 1.54) is 19.3 Å². The molecule has 0 aliphatic heterocycles. The number of esters is 1. The Hall–Kier alpha value is -0.530. The van der Waals surface area contributed by atoms with E-state index in [9.17, 15) is 4.79 Å². The Morgan fingerprint density at radius 2 is 2.14 bits per heavy atom. The van der Waals surface area contributed by atoms with Gasteiger partial charge in [0, 0.05) is 0 Å². The topological polar surface area (TPSA) is 26.3 Å². The van der Waals surface area contributed by atoms with Crippen LogP contribution in [0.3, 0.4) is 0 Å². The van der Waals surface area contributed by atoms with Crippen molar-refractivity contribution in [2.24, 2.45) is 17.3 Å². The van der Waals surface area contributed by atoms with Crippen molar-refractivity contribution in [1.29, 1.82) is 0 Å². The van der Waals surface area contributed by atoms with Crippen molar-refractivity contribution < 1.29 is 9.53 Å². The molecule has 0 aromatic carbocycles. The van der Waals surface area contributed by atoms with Crippen molar-refractivity contribution in [2.75, 3.05) is 0 Å². The van der Waals surface area contributed by atoms with Crippen LogP contribution in [0.15, 0.2) is 0 Å². The first-order valence-corrected chi connectivity index (χ1v) is 5.73. The Bertz CT molecular complexity index is 247. The van der Waals surface area contributed by atoms with Gasteiger partial charge in [-0.1, -0.05) is 6.42 Å². The lowest BCUT2D eigenvalue weighted by Crippen LogP contribution is -2.36. The highest BCUT2D eigenvalue weighted by Gasteiger charge is 2.53. The number of rotatable bonds is 2. The van der Waals surface area contributed by atoms with Crippen molar-refractivity contribution in [3.05, 3.63) is 0 Å². The zero-order valence-corrected chi connectivity index (χ0v) is 9.38. The third-order valence-electron chi connectivity index (χ3n) is 3.96. The van der Waals surface area contributed by atoms with Gasteiger partial charge < -0.3 is 4.74 Å². The van der Waals surface area contributed by atoms with Gasteiger partial charge >= 0.3 is 5.97 Å². The van der Waals surface area contributed by atoms with Gasteiger partial charge in [0.05, 0.1) is 11.5 Å². The van der Waals surface area contributed by atoms with Gasteiger partial charge in [0.25, 0.3) is 0 Å². The Morgan fingerprint density at radius 3 is 2.57 bits per heavy atom. The molecule has 2 aliphatic rings. The van der Waals surface area contributed by atoms with Crippen LogP contribution in [-0.4, -0.2) is 12.1 Å². The number of fused-ring (bicyclic) bond motifs is 2. The maximum atomic E-state index is 11.9. The molecule has 2 bridgehead atoms. The van der Waals surface area contributed by atoms with Gasteiger partial charge in [0.15, 0.2) is 0 Å². The molecule has 0 radical (unpaired) electrons. The molecule has 0 saturated heterocycles. The Labute approximate surface area is 86.0 Å². The first-order chi connectivity index (χ1) is 6.52. The highest BCUT2D eigenvalue weighted by Crippen LogP contribution is 2.56. The molecule has 0 N–H and O–H groups in total. The van der Waals surface area contributed by atoms with E-state index in [1.807, 2.05) is 13.8 Å². The fourth-order valence-corrected chi connectivity index (χ4v) is 3.20. The molecule has 2 saturated carbocycles. The van der Waals surface area contributed by atoms with Crippen LogP contribution < -0.4 is 0 Å². The molecular weight excluding hydrogens is 176 g/mol. The van der Waals surface area contributed by atoms with Gasteiger partial charge in [0.2, 0.25) is 0 Å². The summed E-state index contributed by atoms with van der Waals surface area (Å²) in [5.41, 5.74) is -0.160. The van der Waals surface area contributed by atoms with Gasteiger partial charge in [-0.3, -0.25) is 4.79 Å². The third-order valence-corrected chi connectivity index (χ3v) is 3.96. The first-order valence-electron chi connectivity index (χ1n) is 5.73. The van der Waals surface area contributed by atoms with Crippen LogP contribution in [0.25, 0.3) is 0 Å². The zero-order valence-electron chi connectivity index (χ0n) is 9.38. The van der Waals surface area contributed by atoms with E-state index < -0.39 is 0 Å². The second-order valence-electron chi connectivity index (χ2n) is 5.45. The number of hydrogen-bond acceptors (Lipinski definition) is 2. The van der Waals surface area contributed by atoms with E-state index in [2.05, 4.69) is 6.92 Å². The summed E-state index contributed by atoms with van der Waals surface area (Å²) >= 11 is 0. The number of carbonyl (C=O) groups is 1. The Morgan fingerprint density at radius 1 is 1.43 bits per heavy atom. The molecule has 3 atom stereocenters. The molecule has 0 spiro atoms. The zero-order chi connectivity index (χ0) is 10.3. The summed E-state index contributed by atoms with van der Waals surface area (Å²) in [4.78, 5) is 11.9. The molecule has 2 rings (SSSR count). The number of ether oxygens (including phenoxy) is 1. The van der Waals surface area contributed by atoms with Gasteiger partial charge in [-0.2, -0.15) is 0 Å². The maximum Gasteiger partial charge on any atom is 0.312 e. The summed E-state index contributed by atoms with van der Waals surface area (Å²) in [6.07, 6.45) is 4.90. The minimum Gasteiger partial charge on any atom is -0.463 e. The largest absolute Gasteiger partial charge is 0.463 e. The second-order valence-corrected chi connectivity index (χ2v) is 5.45. The summed E-state index contributed by atoms with van der Waals surface area (Å²) in [6, 6.07) is 0. The quantitative estimate of drug-likeness (QED) is 0.635. The fourth-order valence-electron chi connectivity index (χ4n) is 3.20. The maximum absolute atomic E-state index is 11.9. The lowest BCUT2D eigenvalue weighted by Gasteiger charge is -2.32. The van der Waals surface area contributed by atoms with Crippen LogP contribution in [0, 0.1) is 17.3 Å². The highest BCUT2D eigenvalue weighted by molar-refractivity contribution is 5.77. The lowest BCUT2D eigenvalue weighted by atomic mass is 9.75. The van der Waals surface area contributed by atoms with E-state index in [0.717, 1.165) is 12.3 Å². The lowest BCUT2D eigenvalue weighted by molar-refractivity contribution is -0.162. The summed E-state index contributed by atoms with van der Waals surface area (Å²) in [6.45, 7) is 5.95. The average Bonchev–Trinajstić information content (AvgIpc) is 2.62. The fraction of sp³-hybridized carbons (Fsp3) is 0.917. The van der Waals surface area contributed by atoms with E-state index >= 15 is 0 Å². The minimum absolute atomic E-state index is 0.0263. The highest BCUT2D eigenvalue weighted by atomic mass is 16.5. The van der Waals surface area contributed by atoms with Crippen LogP contribution in [0.2, 0.25) is 0 Å². The van der Waals surface area contributed by atoms with Gasteiger partial charge in [-0.15, -0.1) is 0 Å². The number of carbonyl (C=O) groups excluding carboxylic acids is 1. The van der Waals surface area contributed by atoms with Crippen molar-refractivity contribution in [2.45, 2.75) is 52.6 Å². The summed E-state index contributed by atoms with van der Waals surface area (Å²) in [7, 11) is 0. The van der Waals surface area contributed by atoms with Crippen molar-refractivity contribution in [1.82, 2.24) is 0 Å². The van der Waals surface area contributed by atoms with Gasteiger partial charge in [-0.25, -0.2) is 0 Å². The van der Waals surface area contributed by atoms with E-state index in [1.54, 1.807) is 0 Å². The molecule has 0 aromatic rings. The standard InChI is InChI=1S/C12H20O2/c1-8(2)14-11(13)12(3)7-9-4-5-10(12)6-9/h8-10H,4-7H2,1-3H3. The van der Waals surface area contributed by atoms with Crippen LogP contribution in [0.5, 0.6) is 0 Å². The first kappa shape index (κ1) is 10.0. The summed E-state index contributed by atoms with van der Waals surface area (Å²) < 4.78 is 5.35. The normalized spacial score (nSPS) is 40.6. The van der Waals surface area contributed by atoms with Crippen molar-refractivity contribution in [3.63, 3.8) is 0 Å². The smallest absolute Gasteiger partial charge is 0.312 e. The van der Waals surface area contributed by atoms with Crippen LogP contribution >= 0.6 is 0 Å². The molecule has 2 heteroatoms. The molecule has 2 nitrogen and oxygen atoms in total. The molecule has 0 heterocycles. The SMILES string of the molecule is CC(C)OC(=O)C1(C)CC2CCC1C2. The average molecular weight is 196 g/mol. The molecule has 14 heavy (non-hydrogen) atoms. The third kappa shape index (κ3) is 1.45. The molecule has 0 amide bonds. The van der Waals surface area contributed by atoms with Crippen LogP contribution in [0.1, 0.15) is 46.5 Å². The van der Waals surface area contributed by atoms with Gasteiger partial charge in [-0.05, 0) is 51.9 Å². The second kappa shape index (κ2) is 3.25. The molecule has 3 unspecified atom stereocenters. The van der Waals surface area contributed by atoms with Crippen molar-refractivity contribution in [3.8, 4) is 0 Å². The van der Waals surface area contributed by atoms with E-state index in [0.29, 0.717) is 5.92 Å². The number of hydrogen-bond donors (Lipinski definition) is 0. The van der Waals surface area contributed by atoms with Crippen LogP contribution in [-0.2, 0) is 9.53 Å². The molecular formula is C12H20O2. The van der Waals surface area contributed by atoms with Gasteiger partial charge in [0.1, 0.15) is 0 Å². The van der Waals surface area contributed by atoms with E-state index in [4.69, 9.17) is 4.74 Å². The summed E-state index contributed by atoms with van der Waals surface area (Å²) in [5, 5.41) is 0. The van der Waals surface area contributed by atoms with Crippen molar-refractivity contribution >= 4 is 5.97 Å². The Kier molecular flexibility index (Phi) is 2.32. The van der Waals surface area contributed by atoms with Crippen LogP contribution in [0.4, 0.5) is 0 Å². The Balaban J connectivity index is 2.06. The van der Waals surface area contributed by atoms with E-state index in [-0.39, 0.29) is 17.5 Å². The minimum atomic E-state index is -0.160. The molecule has 2 fully saturated rings. The predicted octanol–water partition coefficient (Wildman–Crippen LogP) is 2.76. The molecule has 2 aliphatic carbocycles. The molecule has 0 aromatic heterocycles. The molecule has 80 valence electrons. The summed E-state index contributed by atoms with van der Waals surface area (Å²) in [5.74, 6) is 1.43.